The van der Waals surface area contributed by atoms with E-state index in [0.717, 1.165) is 31.6 Å². The van der Waals surface area contributed by atoms with Crippen molar-refractivity contribution in [2.45, 2.75) is 39.2 Å². The number of rotatable bonds is 8. The second kappa shape index (κ2) is 7.93. The zero-order chi connectivity index (χ0) is 13.4. The van der Waals surface area contributed by atoms with Crippen LogP contribution in [0.5, 0.6) is 5.75 Å². The van der Waals surface area contributed by atoms with Crippen LogP contribution in [-0.2, 0) is 0 Å². The second-order valence-corrected chi connectivity index (χ2v) is 4.56. The number of unbranched alkanes of at least 4 members (excludes halogenated alkanes) is 1. The first-order valence-corrected chi connectivity index (χ1v) is 6.71. The molecule has 1 atom stereocenters. The molecular formula is C16H25NO. The van der Waals surface area contributed by atoms with Crippen LogP contribution in [0.2, 0.25) is 0 Å². The summed E-state index contributed by atoms with van der Waals surface area (Å²) >= 11 is 0. The predicted molar refractivity (Wildman–Crippen MR) is 78.2 cm³/mol. The smallest absolute Gasteiger partial charge is 0.122 e. The van der Waals surface area contributed by atoms with Gasteiger partial charge in [0, 0.05) is 6.04 Å². The maximum absolute atomic E-state index is 5.40. The van der Waals surface area contributed by atoms with Gasteiger partial charge in [-0.1, -0.05) is 25.1 Å². The molecule has 0 bridgehead atoms. The van der Waals surface area contributed by atoms with Gasteiger partial charge in [-0.3, -0.25) is 0 Å². The van der Waals surface area contributed by atoms with Gasteiger partial charge in [0.05, 0.1) is 7.11 Å². The number of aryl methyl sites for hydroxylation is 1. The van der Waals surface area contributed by atoms with E-state index in [-0.39, 0.29) is 0 Å². The highest BCUT2D eigenvalue weighted by Gasteiger charge is 2.11. The fourth-order valence-corrected chi connectivity index (χ4v) is 2.15. The molecule has 0 spiro atoms. The van der Waals surface area contributed by atoms with E-state index in [0.29, 0.717) is 6.04 Å². The van der Waals surface area contributed by atoms with Crippen molar-refractivity contribution in [3.63, 3.8) is 0 Å². The number of methoxy groups -OCH3 is 1. The number of benzene rings is 1. The predicted octanol–water partition coefficient (Wildman–Crippen LogP) is 4.01. The summed E-state index contributed by atoms with van der Waals surface area (Å²) in [5, 5.41) is 3.54. The summed E-state index contributed by atoms with van der Waals surface area (Å²) in [4.78, 5) is 0. The van der Waals surface area contributed by atoms with Crippen LogP contribution in [0.15, 0.2) is 30.9 Å². The van der Waals surface area contributed by atoms with Crippen molar-refractivity contribution in [2.24, 2.45) is 0 Å². The van der Waals surface area contributed by atoms with Crippen LogP contribution in [-0.4, -0.2) is 13.7 Å². The first kappa shape index (κ1) is 14.8. The van der Waals surface area contributed by atoms with Gasteiger partial charge in [0.2, 0.25) is 0 Å². The Bertz CT molecular complexity index is 373. The lowest BCUT2D eigenvalue weighted by atomic mass is 9.99. The molecule has 0 saturated heterocycles. The molecule has 0 saturated carbocycles. The molecule has 100 valence electrons. The lowest BCUT2D eigenvalue weighted by molar-refractivity contribution is 0.409. The van der Waals surface area contributed by atoms with Crippen LogP contribution in [0.1, 0.15) is 43.4 Å². The summed E-state index contributed by atoms with van der Waals surface area (Å²) in [6.07, 6.45) is 5.35. The summed E-state index contributed by atoms with van der Waals surface area (Å²) in [5.74, 6) is 0.971. The van der Waals surface area contributed by atoms with Gasteiger partial charge in [-0.25, -0.2) is 0 Å². The van der Waals surface area contributed by atoms with Crippen molar-refractivity contribution < 1.29 is 4.74 Å². The highest BCUT2D eigenvalue weighted by atomic mass is 16.5. The molecule has 1 aromatic rings. The summed E-state index contributed by atoms with van der Waals surface area (Å²) in [7, 11) is 1.73. The maximum atomic E-state index is 5.40. The minimum atomic E-state index is 0.407. The van der Waals surface area contributed by atoms with Gasteiger partial charge < -0.3 is 10.1 Å². The highest BCUT2D eigenvalue weighted by molar-refractivity contribution is 5.37. The monoisotopic (exact) mass is 247 g/mol. The van der Waals surface area contributed by atoms with E-state index in [2.05, 4.69) is 43.9 Å². The van der Waals surface area contributed by atoms with Crippen molar-refractivity contribution in [1.29, 1.82) is 0 Å². The molecule has 2 nitrogen and oxygen atoms in total. The Balaban J connectivity index is 2.80. The fourth-order valence-electron chi connectivity index (χ4n) is 2.15. The maximum Gasteiger partial charge on any atom is 0.122 e. The van der Waals surface area contributed by atoms with Crippen LogP contribution in [0, 0.1) is 6.92 Å². The van der Waals surface area contributed by atoms with E-state index in [9.17, 15) is 0 Å². The van der Waals surface area contributed by atoms with Crippen LogP contribution >= 0.6 is 0 Å². The topological polar surface area (TPSA) is 21.3 Å². The Hall–Kier alpha value is -1.28. The Kier molecular flexibility index (Phi) is 6.51. The van der Waals surface area contributed by atoms with Crippen molar-refractivity contribution in [2.75, 3.05) is 13.7 Å². The van der Waals surface area contributed by atoms with E-state index in [1.165, 1.54) is 11.1 Å². The molecule has 1 aromatic carbocycles. The van der Waals surface area contributed by atoms with E-state index in [1.807, 2.05) is 6.08 Å². The number of hydrogen-bond donors (Lipinski definition) is 1. The summed E-state index contributed by atoms with van der Waals surface area (Å²) in [6, 6.07) is 6.88. The largest absolute Gasteiger partial charge is 0.496 e. The van der Waals surface area contributed by atoms with Gasteiger partial charge in [0.1, 0.15) is 5.75 Å². The van der Waals surface area contributed by atoms with Crippen LogP contribution in [0.3, 0.4) is 0 Å². The second-order valence-electron chi connectivity index (χ2n) is 4.56. The lowest BCUT2D eigenvalue weighted by Gasteiger charge is -2.19. The Morgan fingerprint density at radius 1 is 1.44 bits per heavy atom. The molecule has 0 heterocycles. The molecule has 0 aromatic heterocycles. The van der Waals surface area contributed by atoms with Crippen LogP contribution in [0.25, 0.3) is 0 Å². The Morgan fingerprint density at radius 2 is 2.22 bits per heavy atom. The number of ether oxygens (including phenoxy) is 1. The lowest BCUT2D eigenvalue weighted by Crippen LogP contribution is -2.20. The van der Waals surface area contributed by atoms with Gasteiger partial charge in [0.15, 0.2) is 0 Å². The van der Waals surface area contributed by atoms with E-state index >= 15 is 0 Å². The van der Waals surface area contributed by atoms with Crippen molar-refractivity contribution in [3.05, 3.63) is 42.0 Å². The minimum Gasteiger partial charge on any atom is -0.496 e. The fraction of sp³-hybridized carbons (Fsp3) is 0.500. The van der Waals surface area contributed by atoms with E-state index in [4.69, 9.17) is 4.74 Å². The van der Waals surface area contributed by atoms with Crippen molar-refractivity contribution in [3.8, 4) is 5.75 Å². The van der Waals surface area contributed by atoms with Crippen molar-refractivity contribution >= 4 is 0 Å². The quantitative estimate of drug-likeness (QED) is 0.553. The van der Waals surface area contributed by atoms with Gasteiger partial charge in [0.25, 0.3) is 0 Å². The summed E-state index contributed by atoms with van der Waals surface area (Å²) in [6.45, 7) is 8.97. The van der Waals surface area contributed by atoms with Crippen LogP contribution < -0.4 is 10.1 Å². The van der Waals surface area contributed by atoms with Gasteiger partial charge in [-0.2, -0.15) is 0 Å². The molecule has 1 N–H and O–H groups in total. The zero-order valence-corrected chi connectivity index (χ0v) is 11.8. The normalized spacial score (nSPS) is 12.2. The minimum absolute atomic E-state index is 0.407. The summed E-state index contributed by atoms with van der Waals surface area (Å²) < 4.78 is 5.40. The standard InChI is InChI=1S/C16H25NO/c1-5-7-8-9-15(17-6-2)14-11-10-13(3)16(12-14)18-4/h5,10-12,15,17H,1,6-9H2,2-4H3. The highest BCUT2D eigenvalue weighted by Crippen LogP contribution is 2.26. The molecule has 1 unspecified atom stereocenters. The number of allylic oxidation sites excluding steroid dienone is 1. The number of hydrogen-bond acceptors (Lipinski definition) is 2. The Labute approximate surface area is 111 Å². The molecule has 0 aliphatic carbocycles. The molecule has 0 aliphatic rings. The third kappa shape index (κ3) is 4.19. The average Bonchev–Trinajstić information content (AvgIpc) is 2.39. The molecule has 0 radical (unpaired) electrons. The summed E-state index contributed by atoms with van der Waals surface area (Å²) in [5.41, 5.74) is 2.49. The van der Waals surface area contributed by atoms with Gasteiger partial charge in [-0.15, -0.1) is 6.58 Å². The molecular weight excluding hydrogens is 222 g/mol. The van der Waals surface area contributed by atoms with E-state index < -0.39 is 0 Å². The third-order valence-corrected chi connectivity index (χ3v) is 3.19. The molecule has 0 fully saturated rings. The average molecular weight is 247 g/mol. The van der Waals surface area contributed by atoms with Crippen LogP contribution in [0.4, 0.5) is 0 Å². The first-order valence-electron chi connectivity index (χ1n) is 6.71. The SMILES string of the molecule is C=CCCCC(NCC)c1ccc(C)c(OC)c1. The molecule has 0 aliphatic heterocycles. The molecule has 1 rings (SSSR count). The third-order valence-electron chi connectivity index (χ3n) is 3.19. The van der Waals surface area contributed by atoms with Gasteiger partial charge in [-0.05, 0) is 49.9 Å². The Morgan fingerprint density at radius 3 is 2.83 bits per heavy atom. The molecule has 0 amide bonds. The number of nitrogens with one attached hydrogen (secondary N) is 1. The molecule has 18 heavy (non-hydrogen) atoms. The first-order chi connectivity index (χ1) is 8.72. The van der Waals surface area contributed by atoms with Crippen molar-refractivity contribution in [1.82, 2.24) is 5.32 Å². The van der Waals surface area contributed by atoms with Gasteiger partial charge >= 0.3 is 0 Å². The molecule has 2 heteroatoms. The van der Waals surface area contributed by atoms with E-state index in [1.54, 1.807) is 7.11 Å². The zero-order valence-electron chi connectivity index (χ0n) is 11.8.